The zero-order valence-electron chi connectivity index (χ0n) is 6.42. The molecule has 0 amide bonds. The van der Waals surface area contributed by atoms with E-state index in [-0.39, 0.29) is 0 Å². The van der Waals surface area contributed by atoms with Gasteiger partial charge in [0.1, 0.15) is 0 Å². The van der Waals surface area contributed by atoms with Gasteiger partial charge in [0, 0.05) is 23.5 Å². The van der Waals surface area contributed by atoms with Gasteiger partial charge < -0.3 is 0 Å². The fourth-order valence-electron chi connectivity index (χ4n) is 1.21. The summed E-state index contributed by atoms with van der Waals surface area (Å²) >= 11 is 5.76. The highest BCUT2D eigenvalue weighted by molar-refractivity contribution is 6.17. The highest BCUT2D eigenvalue weighted by Crippen LogP contribution is 2.16. The van der Waals surface area contributed by atoms with Crippen LogP contribution in [0.5, 0.6) is 0 Å². The summed E-state index contributed by atoms with van der Waals surface area (Å²) in [5.74, 6) is 0.525. The Hall–Kier alpha value is -1.08. The number of benzene rings is 1. The number of pyridine rings is 1. The summed E-state index contributed by atoms with van der Waals surface area (Å²) in [5, 5.41) is 1.09. The summed E-state index contributed by atoms with van der Waals surface area (Å²) in [6.45, 7) is 0. The lowest BCUT2D eigenvalue weighted by Crippen LogP contribution is -1.83. The minimum absolute atomic E-state index is 0.525. The Morgan fingerprint density at radius 3 is 3.17 bits per heavy atom. The van der Waals surface area contributed by atoms with Gasteiger partial charge >= 0.3 is 0 Å². The van der Waals surface area contributed by atoms with Gasteiger partial charge in [-0.1, -0.05) is 18.2 Å². The molecular formula is C10H7ClN. The van der Waals surface area contributed by atoms with E-state index >= 15 is 0 Å². The smallest absolute Gasteiger partial charge is 0.0784 e. The predicted molar refractivity (Wildman–Crippen MR) is 50.1 cm³/mol. The molecule has 0 atom stereocenters. The number of halogens is 1. The van der Waals surface area contributed by atoms with Gasteiger partial charge in [-0.25, -0.2) is 0 Å². The van der Waals surface area contributed by atoms with Gasteiger partial charge in [-0.3, -0.25) is 4.98 Å². The normalized spacial score (nSPS) is 10.4. The molecule has 0 saturated heterocycles. The first-order valence-corrected chi connectivity index (χ1v) is 4.25. The van der Waals surface area contributed by atoms with Gasteiger partial charge in [0.2, 0.25) is 0 Å². The summed E-state index contributed by atoms with van der Waals surface area (Å²) in [4.78, 5) is 4.18. The van der Waals surface area contributed by atoms with Crippen LogP contribution in [-0.2, 0) is 5.88 Å². The van der Waals surface area contributed by atoms with E-state index in [0.29, 0.717) is 5.88 Å². The van der Waals surface area contributed by atoms with E-state index in [2.05, 4.69) is 11.1 Å². The topological polar surface area (TPSA) is 12.9 Å². The third-order valence-electron chi connectivity index (χ3n) is 1.80. The van der Waals surface area contributed by atoms with Crippen LogP contribution < -0.4 is 0 Å². The lowest BCUT2D eigenvalue weighted by molar-refractivity contribution is 1.37. The molecule has 2 heteroatoms. The number of rotatable bonds is 1. The number of hydrogen-bond donors (Lipinski definition) is 0. The molecule has 1 radical (unpaired) electrons. The van der Waals surface area contributed by atoms with E-state index in [9.17, 15) is 0 Å². The van der Waals surface area contributed by atoms with E-state index < -0.39 is 0 Å². The Labute approximate surface area is 76.0 Å². The van der Waals surface area contributed by atoms with Gasteiger partial charge in [0.15, 0.2) is 0 Å². The van der Waals surface area contributed by atoms with Crippen molar-refractivity contribution in [3.63, 3.8) is 0 Å². The van der Waals surface area contributed by atoms with E-state index in [1.807, 2.05) is 24.3 Å². The molecule has 1 nitrogen and oxygen atoms in total. The molecule has 0 N–H and O–H groups in total. The molecule has 1 aromatic heterocycles. The van der Waals surface area contributed by atoms with Crippen molar-refractivity contribution in [2.75, 3.05) is 0 Å². The standard InChI is InChI=1S/C10H7ClN/c11-7-8-3-1-5-10-9(8)4-2-6-12-10/h1-4,6H,7H2. The second-order valence-electron chi connectivity index (χ2n) is 2.54. The average molecular weight is 177 g/mol. The molecule has 0 aliphatic carbocycles. The Balaban J connectivity index is 2.79. The molecule has 0 aliphatic heterocycles. The van der Waals surface area contributed by atoms with Crippen molar-refractivity contribution in [1.82, 2.24) is 4.98 Å². The van der Waals surface area contributed by atoms with Crippen LogP contribution in [0.25, 0.3) is 10.9 Å². The molecule has 2 aromatic rings. The minimum atomic E-state index is 0.525. The van der Waals surface area contributed by atoms with Crippen molar-refractivity contribution in [3.05, 3.63) is 42.1 Å². The number of fused-ring (bicyclic) bond motifs is 1. The van der Waals surface area contributed by atoms with Crippen LogP contribution in [0.4, 0.5) is 0 Å². The molecule has 2 rings (SSSR count). The first-order valence-electron chi connectivity index (χ1n) is 3.72. The van der Waals surface area contributed by atoms with Crippen LogP contribution in [0.2, 0.25) is 0 Å². The lowest BCUT2D eigenvalue weighted by atomic mass is 10.1. The Morgan fingerprint density at radius 2 is 2.33 bits per heavy atom. The van der Waals surface area contributed by atoms with Crippen LogP contribution in [0, 0.1) is 6.07 Å². The quantitative estimate of drug-likeness (QED) is 0.609. The first-order chi connectivity index (χ1) is 5.92. The average Bonchev–Trinajstić information content (AvgIpc) is 2.17. The highest BCUT2D eigenvalue weighted by atomic mass is 35.5. The molecule has 0 saturated carbocycles. The molecule has 12 heavy (non-hydrogen) atoms. The molecule has 1 heterocycles. The Morgan fingerprint density at radius 1 is 1.42 bits per heavy atom. The summed E-state index contributed by atoms with van der Waals surface area (Å²) in [6.07, 6.45) is 1.76. The SMILES string of the molecule is ClCc1cc[c]c2ncccc12. The summed E-state index contributed by atoms with van der Waals surface area (Å²) in [6, 6.07) is 10.8. The van der Waals surface area contributed by atoms with Gasteiger partial charge in [-0.15, -0.1) is 11.6 Å². The largest absolute Gasteiger partial charge is 0.256 e. The predicted octanol–water partition coefficient (Wildman–Crippen LogP) is 2.77. The van der Waals surface area contributed by atoms with E-state index in [4.69, 9.17) is 11.6 Å². The molecule has 0 unspecified atom stereocenters. The maximum atomic E-state index is 5.76. The molecular weight excluding hydrogens is 170 g/mol. The maximum absolute atomic E-state index is 5.76. The van der Waals surface area contributed by atoms with Crippen molar-refractivity contribution in [3.8, 4) is 0 Å². The molecule has 1 aromatic carbocycles. The number of nitrogens with zero attached hydrogens (tertiary/aromatic N) is 1. The summed E-state index contributed by atoms with van der Waals surface area (Å²) in [5.41, 5.74) is 1.99. The molecule has 0 aliphatic rings. The van der Waals surface area contributed by atoms with Crippen LogP contribution in [0.15, 0.2) is 30.5 Å². The van der Waals surface area contributed by atoms with Crippen molar-refractivity contribution in [2.24, 2.45) is 0 Å². The summed E-state index contributed by atoms with van der Waals surface area (Å²) < 4.78 is 0. The third kappa shape index (κ3) is 1.16. The second kappa shape index (κ2) is 3.11. The Kier molecular flexibility index (Phi) is 1.96. The second-order valence-corrected chi connectivity index (χ2v) is 2.80. The zero-order valence-corrected chi connectivity index (χ0v) is 7.17. The molecule has 59 valence electrons. The van der Waals surface area contributed by atoms with Gasteiger partial charge in [-0.05, 0) is 11.6 Å². The number of hydrogen-bond acceptors (Lipinski definition) is 1. The first kappa shape index (κ1) is 7.56. The van der Waals surface area contributed by atoms with Crippen LogP contribution in [0.1, 0.15) is 5.56 Å². The van der Waals surface area contributed by atoms with E-state index in [1.165, 1.54) is 0 Å². The molecule has 0 fully saturated rings. The van der Waals surface area contributed by atoms with Crippen LogP contribution >= 0.6 is 11.6 Å². The van der Waals surface area contributed by atoms with Crippen molar-refractivity contribution in [1.29, 1.82) is 0 Å². The zero-order chi connectivity index (χ0) is 8.39. The number of alkyl halides is 1. The number of aromatic nitrogens is 1. The fraction of sp³-hybridized carbons (Fsp3) is 0.100. The van der Waals surface area contributed by atoms with E-state index in [0.717, 1.165) is 16.5 Å². The van der Waals surface area contributed by atoms with Crippen LogP contribution in [-0.4, -0.2) is 4.98 Å². The minimum Gasteiger partial charge on any atom is -0.256 e. The molecule has 0 bridgehead atoms. The Bertz CT molecular complexity index is 392. The van der Waals surface area contributed by atoms with Crippen molar-refractivity contribution in [2.45, 2.75) is 5.88 Å². The third-order valence-corrected chi connectivity index (χ3v) is 2.09. The molecule has 0 spiro atoms. The monoisotopic (exact) mass is 176 g/mol. The van der Waals surface area contributed by atoms with Crippen molar-refractivity contribution < 1.29 is 0 Å². The van der Waals surface area contributed by atoms with Gasteiger partial charge in [0.25, 0.3) is 0 Å². The van der Waals surface area contributed by atoms with E-state index in [1.54, 1.807) is 6.20 Å². The van der Waals surface area contributed by atoms with Crippen molar-refractivity contribution >= 4 is 22.5 Å². The van der Waals surface area contributed by atoms with Gasteiger partial charge in [0.05, 0.1) is 5.52 Å². The lowest BCUT2D eigenvalue weighted by Gasteiger charge is -1.99. The fourth-order valence-corrected chi connectivity index (χ4v) is 1.44. The summed E-state index contributed by atoms with van der Waals surface area (Å²) in [7, 11) is 0. The van der Waals surface area contributed by atoms with Crippen LogP contribution in [0.3, 0.4) is 0 Å². The van der Waals surface area contributed by atoms with Gasteiger partial charge in [-0.2, -0.15) is 0 Å². The highest BCUT2D eigenvalue weighted by Gasteiger charge is 1.98. The maximum Gasteiger partial charge on any atom is 0.0784 e.